The zero-order valence-electron chi connectivity index (χ0n) is 19.5. The largest absolute Gasteiger partial charge is 0.101 e. The number of hydrogen-bond donors (Lipinski definition) is 0. The van der Waals surface area contributed by atoms with E-state index in [1.54, 1.807) is 20.8 Å². The monoisotopic (exact) mass is 432 g/mol. The minimum Gasteiger partial charge on any atom is -0.101 e. The molecule has 152 valence electrons. The van der Waals surface area contributed by atoms with E-state index in [0.717, 1.165) is 5.57 Å². The van der Waals surface area contributed by atoms with Gasteiger partial charge in [0.2, 0.25) is 0 Å². The summed E-state index contributed by atoms with van der Waals surface area (Å²) in [7, 11) is 0. The van der Waals surface area contributed by atoms with Gasteiger partial charge in [0.05, 0.1) is 5.57 Å². The van der Waals surface area contributed by atoms with Gasteiger partial charge in [0.25, 0.3) is 0 Å². The van der Waals surface area contributed by atoms with Crippen LogP contribution in [0.1, 0.15) is 27.7 Å². The summed E-state index contributed by atoms with van der Waals surface area (Å²) < 4.78 is 0. The van der Waals surface area contributed by atoms with Crippen LogP contribution in [0.25, 0.3) is 0 Å². The maximum atomic E-state index is 2.82. The number of rotatable bonds is 0. The first-order valence-corrected chi connectivity index (χ1v) is 9.50. The first-order valence-electron chi connectivity index (χ1n) is 9.50. The Kier molecular flexibility index (Phi) is 19.2. The molecule has 0 heterocycles. The van der Waals surface area contributed by atoms with Crippen molar-refractivity contribution < 1.29 is 0 Å². The Morgan fingerprint density at radius 3 is 1.00 bits per heavy atom. The van der Waals surface area contributed by atoms with E-state index in [2.05, 4.69) is 169 Å². The molecule has 0 N–H and O–H groups in total. The summed E-state index contributed by atoms with van der Waals surface area (Å²) in [6, 6.07) is 0. The topological polar surface area (TPSA) is 0 Å². The Morgan fingerprint density at radius 2 is 0.629 bits per heavy atom. The molecule has 0 rings (SSSR count). The van der Waals surface area contributed by atoms with Crippen LogP contribution in [0.4, 0.5) is 0 Å². The van der Waals surface area contributed by atoms with E-state index in [-0.39, 0.29) is 0 Å². The third-order valence-corrected chi connectivity index (χ3v) is 2.50. The van der Waals surface area contributed by atoms with E-state index in [1.807, 2.05) is 6.92 Å². The van der Waals surface area contributed by atoms with Crippen LogP contribution in [0.3, 0.4) is 0 Å². The molecular weight excluding hydrogens is 420 g/mol. The van der Waals surface area contributed by atoms with E-state index in [9.17, 15) is 0 Å². The highest BCUT2D eigenvalue weighted by molar-refractivity contribution is 5.45. The lowest BCUT2D eigenvalue weighted by Gasteiger charge is -1.70. The van der Waals surface area contributed by atoms with Crippen LogP contribution >= 0.6 is 0 Å². The van der Waals surface area contributed by atoms with Gasteiger partial charge in [0.1, 0.15) is 0 Å². The second kappa shape index (κ2) is 23.6. The van der Waals surface area contributed by atoms with Gasteiger partial charge in [-0.3, -0.25) is 0 Å². The molecular formula is C35H12. The molecule has 0 nitrogen and oxygen atoms in total. The second-order valence-corrected chi connectivity index (χ2v) is 5.12. The van der Waals surface area contributed by atoms with E-state index in [4.69, 9.17) is 0 Å². The lowest BCUT2D eigenvalue weighted by atomic mass is 10.3. The summed E-state index contributed by atoms with van der Waals surface area (Å²) in [5.74, 6) is 41.6. The van der Waals surface area contributed by atoms with Crippen LogP contribution in [0.2, 0.25) is 0 Å². The summed E-state index contributed by atoms with van der Waals surface area (Å²) in [5.41, 5.74) is 35.3. The molecule has 0 bridgehead atoms. The molecule has 0 radical (unpaired) electrons. The molecule has 0 aromatic heterocycles. The van der Waals surface area contributed by atoms with Gasteiger partial charge in [0.15, 0.2) is 0 Å². The smallest absolute Gasteiger partial charge is 0.0508 e. The van der Waals surface area contributed by atoms with Crippen LogP contribution < -0.4 is 0 Å². The van der Waals surface area contributed by atoms with Crippen molar-refractivity contribution in [1.82, 2.24) is 0 Å². The standard InChI is InChI=1S/C35H12/c1-5-7-8-9-10-11-12-13-15-19-22-25-28-32-35(4)33-29-26-23-20-17-14-16-18-21-24-27-31-34(3)30-6-2/h1-4H3. The van der Waals surface area contributed by atoms with Gasteiger partial charge in [-0.1, -0.05) is 11.8 Å². The molecule has 0 aliphatic carbocycles. The molecule has 0 aliphatic heterocycles. The first-order chi connectivity index (χ1) is 17.2. The van der Waals surface area contributed by atoms with Crippen molar-refractivity contribution in [2.45, 2.75) is 27.7 Å². The van der Waals surface area contributed by atoms with Crippen molar-refractivity contribution in [3.8, 4) is 94.7 Å². The Morgan fingerprint density at radius 1 is 0.314 bits per heavy atom. The molecule has 0 aliphatic rings. The molecule has 0 heteroatoms. The molecule has 0 unspecified atom stereocenters. The molecule has 0 amide bonds. The molecule has 0 aromatic carbocycles. The first kappa shape index (κ1) is 28.4. The van der Waals surface area contributed by atoms with Crippen molar-refractivity contribution >= 4 is 0 Å². The van der Waals surface area contributed by atoms with Crippen molar-refractivity contribution in [3.05, 3.63) is 85.7 Å². The third-order valence-electron chi connectivity index (χ3n) is 2.50. The van der Waals surface area contributed by atoms with Gasteiger partial charge < -0.3 is 0 Å². The number of allylic oxidation sites excluding steroid dienone is 2. The highest BCUT2D eigenvalue weighted by Crippen LogP contribution is 1.82. The van der Waals surface area contributed by atoms with Crippen LogP contribution in [0, 0.1) is 94.7 Å². The molecule has 0 saturated heterocycles. The van der Waals surface area contributed by atoms with Crippen molar-refractivity contribution in [2.75, 3.05) is 0 Å². The van der Waals surface area contributed by atoms with Gasteiger partial charge in [-0.05, 0) is 179 Å². The fraction of sp³-hybridized carbons (Fsp3) is 0.114. The van der Waals surface area contributed by atoms with E-state index >= 15 is 0 Å². The summed E-state index contributed by atoms with van der Waals surface area (Å²) in [4.78, 5) is 0. The maximum absolute atomic E-state index is 2.82. The van der Waals surface area contributed by atoms with Gasteiger partial charge in [-0.25, -0.2) is 0 Å². The van der Waals surface area contributed by atoms with Crippen molar-refractivity contribution in [1.29, 1.82) is 0 Å². The predicted molar refractivity (Wildman–Crippen MR) is 138 cm³/mol. The molecule has 35 heavy (non-hydrogen) atoms. The van der Waals surface area contributed by atoms with Crippen LogP contribution in [-0.2, 0) is 0 Å². The third kappa shape index (κ3) is 23.5. The normalized spacial score (nSPS) is 4.69. The Balaban J connectivity index is 5.37. The molecule has 0 fully saturated rings. The SMILES string of the molecule is CC#CC#CC#CC#CC#CC#CC#CC(C)=C=C=C=C=C=C=C=C=C=C=C=C=C=C(C)C#CC. The van der Waals surface area contributed by atoms with Gasteiger partial charge in [0, 0.05) is 5.57 Å². The zero-order chi connectivity index (χ0) is 25.7. The summed E-state index contributed by atoms with van der Waals surface area (Å²) in [6.45, 7) is 7.01. The van der Waals surface area contributed by atoms with E-state index < -0.39 is 0 Å². The minimum atomic E-state index is 0.610. The average molecular weight is 432 g/mol. The molecule has 0 spiro atoms. The van der Waals surface area contributed by atoms with Crippen molar-refractivity contribution in [3.63, 3.8) is 0 Å². The van der Waals surface area contributed by atoms with Gasteiger partial charge in [-0.2, -0.15) is 0 Å². The van der Waals surface area contributed by atoms with Crippen molar-refractivity contribution in [2.24, 2.45) is 0 Å². The summed E-state index contributed by atoms with van der Waals surface area (Å²) >= 11 is 0. The van der Waals surface area contributed by atoms with Crippen LogP contribution in [-0.4, -0.2) is 0 Å². The highest BCUT2D eigenvalue weighted by Gasteiger charge is 1.71. The maximum Gasteiger partial charge on any atom is 0.0508 e. The Hall–Kier alpha value is -6.64. The predicted octanol–water partition coefficient (Wildman–Crippen LogP) is 4.41. The van der Waals surface area contributed by atoms with Crippen LogP contribution in [0.15, 0.2) is 85.7 Å². The molecule has 0 saturated carbocycles. The summed E-state index contributed by atoms with van der Waals surface area (Å²) in [6.07, 6.45) is 0. The lowest BCUT2D eigenvalue weighted by molar-refractivity contribution is 1.60. The molecule has 0 atom stereocenters. The summed E-state index contributed by atoms with van der Waals surface area (Å²) in [5, 5.41) is 0. The quantitative estimate of drug-likeness (QED) is 0.393. The van der Waals surface area contributed by atoms with Crippen LogP contribution in [0.5, 0.6) is 0 Å². The fourth-order valence-electron chi connectivity index (χ4n) is 1.28. The van der Waals surface area contributed by atoms with E-state index in [1.165, 1.54) is 0 Å². The average Bonchev–Trinajstić information content (AvgIpc) is 2.85. The Bertz CT molecular complexity index is 1910. The van der Waals surface area contributed by atoms with Gasteiger partial charge >= 0.3 is 0 Å². The molecule has 0 aromatic rings. The lowest BCUT2D eigenvalue weighted by Crippen LogP contribution is -1.61. The minimum absolute atomic E-state index is 0.610. The number of hydrogen-bond acceptors (Lipinski definition) is 0. The van der Waals surface area contributed by atoms with Gasteiger partial charge in [-0.15, -0.1) is 5.92 Å². The zero-order valence-corrected chi connectivity index (χ0v) is 19.5. The second-order valence-electron chi connectivity index (χ2n) is 5.12. The highest BCUT2D eigenvalue weighted by atomic mass is 13.7. The fourth-order valence-corrected chi connectivity index (χ4v) is 1.28. The van der Waals surface area contributed by atoms with E-state index in [0.29, 0.717) is 5.57 Å². The Labute approximate surface area is 207 Å².